The molecule has 2 atom stereocenters. The molecular weight excluding hydrogens is 174 g/mol. The van der Waals surface area contributed by atoms with Gasteiger partial charge in [0.25, 0.3) is 0 Å². The fourth-order valence-electron chi connectivity index (χ4n) is 2.24. The highest BCUT2D eigenvalue weighted by Crippen LogP contribution is 2.14. The fourth-order valence-corrected chi connectivity index (χ4v) is 2.24. The van der Waals surface area contributed by atoms with Crippen molar-refractivity contribution in [2.24, 2.45) is 0 Å². The Morgan fingerprint density at radius 3 is 2.43 bits per heavy atom. The number of hydrogen-bond acceptors (Lipinski definition) is 3. The zero-order chi connectivity index (χ0) is 10.7. The van der Waals surface area contributed by atoms with Gasteiger partial charge in [0, 0.05) is 31.2 Å². The predicted octanol–water partition coefficient (Wildman–Crippen LogP) is 0.619. The zero-order valence-corrected chi connectivity index (χ0v) is 10.2. The minimum Gasteiger partial charge on any atom is -0.309 e. The third-order valence-corrected chi connectivity index (χ3v) is 3.02. The molecule has 0 radical (unpaired) electrons. The van der Waals surface area contributed by atoms with E-state index in [1.807, 2.05) is 0 Å². The maximum Gasteiger partial charge on any atom is 0.0383 e. The molecule has 0 aromatic rings. The van der Waals surface area contributed by atoms with Gasteiger partial charge in [-0.2, -0.15) is 0 Å². The van der Waals surface area contributed by atoms with Gasteiger partial charge in [0.05, 0.1) is 0 Å². The fraction of sp³-hybridized carbons (Fsp3) is 1.00. The lowest BCUT2D eigenvalue weighted by molar-refractivity contribution is 0.252. The SMILES string of the molecule is CCN1C[C@@H](NC(C)C)[C@@H](N(C)C)C1. The van der Waals surface area contributed by atoms with Crippen LogP contribution in [0.1, 0.15) is 20.8 Å². The van der Waals surface area contributed by atoms with Gasteiger partial charge in [-0.15, -0.1) is 0 Å². The van der Waals surface area contributed by atoms with E-state index in [1.165, 1.54) is 19.6 Å². The van der Waals surface area contributed by atoms with Crippen LogP contribution in [-0.4, -0.2) is 61.7 Å². The maximum atomic E-state index is 3.65. The van der Waals surface area contributed by atoms with E-state index < -0.39 is 0 Å². The summed E-state index contributed by atoms with van der Waals surface area (Å²) in [6.45, 7) is 10.2. The third-order valence-electron chi connectivity index (χ3n) is 3.02. The summed E-state index contributed by atoms with van der Waals surface area (Å²) in [4.78, 5) is 4.86. The molecule has 1 N–H and O–H groups in total. The highest BCUT2D eigenvalue weighted by atomic mass is 15.3. The third kappa shape index (κ3) is 2.94. The van der Waals surface area contributed by atoms with Gasteiger partial charge < -0.3 is 15.1 Å². The summed E-state index contributed by atoms with van der Waals surface area (Å²) in [5.41, 5.74) is 0. The Hall–Kier alpha value is -0.120. The molecule has 1 fully saturated rings. The molecule has 3 nitrogen and oxygen atoms in total. The van der Waals surface area contributed by atoms with Crippen LogP contribution in [-0.2, 0) is 0 Å². The Bertz CT molecular complexity index is 168. The zero-order valence-electron chi connectivity index (χ0n) is 10.2. The van der Waals surface area contributed by atoms with Gasteiger partial charge in [-0.3, -0.25) is 0 Å². The molecule has 0 saturated carbocycles. The van der Waals surface area contributed by atoms with Gasteiger partial charge in [-0.1, -0.05) is 20.8 Å². The van der Waals surface area contributed by atoms with E-state index in [0.717, 1.165) is 0 Å². The number of likely N-dealkylation sites (tertiary alicyclic amines) is 1. The lowest BCUT2D eigenvalue weighted by atomic mass is 10.1. The van der Waals surface area contributed by atoms with Crippen molar-refractivity contribution in [1.82, 2.24) is 15.1 Å². The Kier molecular flexibility index (Phi) is 4.35. The van der Waals surface area contributed by atoms with Crippen LogP contribution in [0.15, 0.2) is 0 Å². The van der Waals surface area contributed by atoms with Crippen molar-refractivity contribution in [3.63, 3.8) is 0 Å². The average Bonchev–Trinajstić information content (AvgIpc) is 2.46. The van der Waals surface area contributed by atoms with E-state index in [1.54, 1.807) is 0 Å². The molecule has 0 unspecified atom stereocenters. The first-order chi connectivity index (χ1) is 6.54. The molecule has 1 rings (SSSR count). The molecule has 1 saturated heterocycles. The van der Waals surface area contributed by atoms with Crippen molar-refractivity contribution >= 4 is 0 Å². The van der Waals surface area contributed by atoms with E-state index in [2.05, 4.69) is 50.0 Å². The molecular formula is C11H25N3. The Morgan fingerprint density at radius 2 is 2.00 bits per heavy atom. The van der Waals surface area contributed by atoms with Crippen molar-refractivity contribution < 1.29 is 0 Å². The molecule has 3 heteroatoms. The van der Waals surface area contributed by atoms with Gasteiger partial charge in [0.2, 0.25) is 0 Å². The number of hydrogen-bond donors (Lipinski definition) is 1. The maximum absolute atomic E-state index is 3.65. The number of likely N-dealkylation sites (N-methyl/N-ethyl adjacent to an activating group) is 2. The van der Waals surface area contributed by atoms with Crippen molar-refractivity contribution in [3.05, 3.63) is 0 Å². The van der Waals surface area contributed by atoms with E-state index >= 15 is 0 Å². The number of rotatable bonds is 4. The average molecular weight is 199 g/mol. The summed E-state index contributed by atoms with van der Waals surface area (Å²) >= 11 is 0. The molecule has 1 aliphatic heterocycles. The van der Waals surface area contributed by atoms with Crippen molar-refractivity contribution in [3.8, 4) is 0 Å². The van der Waals surface area contributed by atoms with E-state index in [0.29, 0.717) is 18.1 Å². The summed E-state index contributed by atoms with van der Waals surface area (Å²) in [5, 5.41) is 3.65. The van der Waals surface area contributed by atoms with Crippen LogP contribution in [0.25, 0.3) is 0 Å². The van der Waals surface area contributed by atoms with Crippen LogP contribution in [0.2, 0.25) is 0 Å². The summed E-state index contributed by atoms with van der Waals surface area (Å²) in [6.07, 6.45) is 0. The second-order valence-electron chi connectivity index (χ2n) is 4.81. The van der Waals surface area contributed by atoms with Crippen molar-refractivity contribution in [1.29, 1.82) is 0 Å². The molecule has 0 aromatic heterocycles. The normalized spacial score (nSPS) is 29.4. The van der Waals surface area contributed by atoms with Crippen LogP contribution in [0.4, 0.5) is 0 Å². The minimum absolute atomic E-state index is 0.583. The van der Waals surface area contributed by atoms with Gasteiger partial charge in [0.15, 0.2) is 0 Å². The minimum atomic E-state index is 0.583. The highest BCUT2D eigenvalue weighted by Gasteiger charge is 2.33. The molecule has 1 heterocycles. The lowest BCUT2D eigenvalue weighted by Crippen LogP contribution is -2.48. The van der Waals surface area contributed by atoms with Gasteiger partial charge in [-0.05, 0) is 20.6 Å². The number of nitrogens with zero attached hydrogens (tertiary/aromatic N) is 2. The second-order valence-corrected chi connectivity index (χ2v) is 4.81. The summed E-state index contributed by atoms with van der Waals surface area (Å²) in [7, 11) is 4.36. The van der Waals surface area contributed by atoms with Gasteiger partial charge in [-0.25, -0.2) is 0 Å². The monoisotopic (exact) mass is 199 g/mol. The standard InChI is InChI=1S/C11H25N3/c1-6-14-7-10(12-9(2)3)11(8-14)13(4)5/h9-12H,6-8H2,1-5H3/t10-,11+/m1/s1. The smallest absolute Gasteiger partial charge is 0.0383 e. The first-order valence-electron chi connectivity index (χ1n) is 5.69. The van der Waals surface area contributed by atoms with E-state index in [4.69, 9.17) is 0 Å². The lowest BCUT2D eigenvalue weighted by Gasteiger charge is -2.27. The molecule has 0 spiro atoms. The summed E-state index contributed by atoms with van der Waals surface area (Å²) in [5.74, 6) is 0. The van der Waals surface area contributed by atoms with Crippen LogP contribution < -0.4 is 5.32 Å². The van der Waals surface area contributed by atoms with Crippen LogP contribution in [0.3, 0.4) is 0 Å². The molecule has 1 aliphatic rings. The van der Waals surface area contributed by atoms with Crippen LogP contribution in [0, 0.1) is 0 Å². The second kappa shape index (κ2) is 5.10. The Balaban J connectivity index is 2.53. The molecule has 14 heavy (non-hydrogen) atoms. The first kappa shape index (κ1) is 12.0. The summed E-state index contributed by atoms with van der Waals surface area (Å²) < 4.78 is 0. The van der Waals surface area contributed by atoms with Gasteiger partial charge in [0.1, 0.15) is 0 Å². The highest BCUT2D eigenvalue weighted by molar-refractivity contribution is 4.94. The largest absolute Gasteiger partial charge is 0.309 e. The predicted molar refractivity (Wildman–Crippen MR) is 61.6 cm³/mol. The molecule has 0 aromatic carbocycles. The summed E-state index contributed by atoms with van der Waals surface area (Å²) in [6, 6.07) is 1.88. The first-order valence-corrected chi connectivity index (χ1v) is 5.69. The van der Waals surface area contributed by atoms with Crippen molar-refractivity contribution in [2.45, 2.75) is 38.9 Å². The van der Waals surface area contributed by atoms with Crippen molar-refractivity contribution in [2.75, 3.05) is 33.7 Å². The Labute approximate surface area is 88.5 Å². The van der Waals surface area contributed by atoms with E-state index in [9.17, 15) is 0 Å². The Morgan fingerprint density at radius 1 is 1.36 bits per heavy atom. The quantitative estimate of drug-likeness (QED) is 0.716. The molecule has 84 valence electrons. The molecule has 0 bridgehead atoms. The topological polar surface area (TPSA) is 18.5 Å². The van der Waals surface area contributed by atoms with E-state index in [-0.39, 0.29) is 0 Å². The van der Waals surface area contributed by atoms with Crippen LogP contribution >= 0.6 is 0 Å². The number of nitrogens with one attached hydrogen (secondary N) is 1. The van der Waals surface area contributed by atoms with Gasteiger partial charge >= 0.3 is 0 Å². The molecule has 0 aliphatic carbocycles. The van der Waals surface area contributed by atoms with Crippen LogP contribution in [0.5, 0.6) is 0 Å². The molecule has 0 amide bonds.